The number of hydrogen-bond acceptors (Lipinski definition) is 2. The molecule has 1 N–H and O–H groups in total. The van der Waals surface area contributed by atoms with Gasteiger partial charge in [-0.25, -0.2) is 0 Å². The van der Waals surface area contributed by atoms with Gasteiger partial charge in [0.15, 0.2) is 0 Å². The number of carboxylic acids is 1. The summed E-state index contributed by atoms with van der Waals surface area (Å²) in [7, 11) is 0. The van der Waals surface area contributed by atoms with Crippen LogP contribution in [0.2, 0.25) is 0 Å². The molecular formula is C15H18O3. The van der Waals surface area contributed by atoms with Crippen LogP contribution >= 0.6 is 0 Å². The highest BCUT2D eigenvalue weighted by Crippen LogP contribution is 2.03. The Hall–Kier alpha value is -1.83. The highest BCUT2D eigenvalue weighted by Gasteiger charge is 2.04. The topological polar surface area (TPSA) is 46.5 Å². The summed E-state index contributed by atoms with van der Waals surface area (Å²) in [6.45, 7) is 4.50. The minimum atomic E-state index is -0.847. The van der Waals surface area contributed by atoms with Gasteiger partial charge < -0.3 is 9.84 Å². The maximum atomic E-state index is 10.6. The standard InChI is InChI=1S/C15H18O3/c1-12(8-9-13(2)15(16)17)10-18-11-14-6-4-3-5-7-14/h3-7,9,13H,10-11H2,1-2H3,(H,16,17)/t8?,13-/m1/s1. The Labute approximate surface area is 107 Å². The molecule has 0 bridgehead atoms. The van der Waals surface area contributed by atoms with Crippen molar-refractivity contribution in [2.45, 2.75) is 20.5 Å². The predicted molar refractivity (Wildman–Crippen MR) is 70.2 cm³/mol. The van der Waals surface area contributed by atoms with Gasteiger partial charge in [0.2, 0.25) is 0 Å². The van der Waals surface area contributed by atoms with Crippen LogP contribution in [0.4, 0.5) is 0 Å². The van der Waals surface area contributed by atoms with Crippen molar-refractivity contribution in [3.8, 4) is 0 Å². The monoisotopic (exact) mass is 246 g/mol. The van der Waals surface area contributed by atoms with Crippen molar-refractivity contribution in [2.24, 2.45) is 5.92 Å². The van der Waals surface area contributed by atoms with Crippen molar-refractivity contribution >= 4 is 5.97 Å². The van der Waals surface area contributed by atoms with Gasteiger partial charge in [0.05, 0.1) is 19.1 Å². The van der Waals surface area contributed by atoms with Gasteiger partial charge in [-0.1, -0.05) is 30.3 Å². The van der Waals surface area contributed by atoms with Gasteiger partial charge in [-0.3, -0.25) is 4.79 Å². The number of carboxylic acid groups (broad SMARTS) is 1. The van der Waals surface area contributed by atoms with Crippen LogP contribution in [0.1, 0.15) is 19.4 Å². The first-order chi connectivity index (χ1) is 8.59. The summed E-state index contributed by atoms with van der Waals surface area (Å²) in [5.74, 6) is -1.37. The molecule has 0 unspecified atom stereocenters. The van der Waals surface area contributed by atoms with Gasteiger partial charge in [-0.05, 0) is 31.1 Å². The Balaban J connectivity index is 2.39. The van der Waals surface area contributed by atoms with Gasteiger partial charge in [-0.2, -0.15) is 0 Å². The number of aliphatic carboxylic acids is 1. The maximum absolute atomic E-state index is 10.6. The van der Waals surface area contributed by atoms with E-state index in [0.717, 1.165) is 11.1 Å². The molecule has 0 aliphatic rings. The second kappa shape index (κ2) is 7.49. The lowest BCUT2D eigenvalue weighted by molar-refractivity contribution is -0.139. The SMILES string of the molecule is CC(=C=C[C@@H](C)C(=O)O)COCc1ccccc1. The summed E-state index contributed by atoms with van der Waals surface area (Å²) in [5, 5.41) is 8.71. The molecule has 0 saturated heterocycles. The van der Waals surface area contributed by atoms with Crippen LogP contribution < -0.4 is 0 Å². The Morgan fingerprint density at radius 1 is 1.44 bits per heavy atom. The molecule has 0 aliphatic heterocycles. The largest absolute Gasteiger partial charge is 0.481 e. The Bertz CT molecular complexity index is 442. The molecule has 3 heteroatoms. The lowest BCUT2D eigenvalue weighted by atomic mass is 10.2. The molecule has 0 aromatic heterocycles. The smallest absolute Gasteiger partial charge is 0.310 e. The average Bonchev–Trinajstić information content (AvgIpc) is 2.37. The molecule has 3 nitrogen and oxygen atoms in total. The normalized spacial score (nSPS) is 11.4. The zero-order chi connectivity index (χ0) is 13.4. The first-order valence-corrected chi connectivity index (χ1v) is 5.86. The van der Waals surface area contributed by atoms with E-state index < -0.39 is 11.9 Å². The number of carbonyl (C=O) groups is 1. The molecular weight excluding hydrogens is 228 g/mol. The van der Waals surface area contributed by atoms with Crippen molar-refractivity contribution in [1.82, 2.24) is 0 Å². The molecule has 0 aliphatic carbocycles. The fourth-order valence-corrected chi connectivity index (χ4v) is 1.28. The van der Waals surface area contributed by atoms with Crippen LogP contribution in [0.5, 0.6) is 0 Å². The fraction of sp³-hybridized carbons (Fsp3) is 0.333. The second-order valence-electron chi connectivity index (χ2n) is 4.20. The molecule has 1 atom stereocenters. The minimum Gasteiger partial charge on any atom is -0.481 e. The lowest BCUT2D eigenvalue weighted by Gasteiger charge is -2.03. The van der Waals surface area contributed by atoms with Crippen LogP contribution in [0.3, 0.4) is 0 Å². The van der Waals surface area contributed by atoms with Crippen LogP contribution in [0.15, 0.2) is 47.7 Å². The Kier molecular flexibility index (Phi) is 5.92. The second-order valence-corrected chi connectivity index (χ2v) is 4.20. The van der Waals surface area contributed by atoms with E-state index in [1.807, 2.05) is 37.3 Å². The van der Waals surface area contributed by atoms with E-state index in [-0.39, 0.29) is 0 Å². The van der Waals surface area contributed by atoms with E-state index in [2.05, 4.69) is 5.73 Å². The summed E-state index contributed by atoms with van der Waals surface area (Å²) in [4.78, 5) is 10.6. The van der Waals surface area contributed by atoms with E-state index in [4.69, 9.17) is 9.84 Å². The third kappa shape index (κ3) is 5.48. The molecule has 96 valence electrons. The summed E-state index contributed by atoms with van der Waals surface area (Å²) >= 11 is 0. The summed E-state index contributed by atoms with van der Waals surface area (Å²) in [6.07, 6.45) is 1.55. The van der Waals surface area contributed by atoms with Crippen LogP contribution in [0.25, 0.3) is 0 Å². The first kappa shape index (κ1) is 14.2. The van der Waals surface area contributed by atoms with Crippen molar-refractivity contribution in [3.05, 3.63) is 53.3 Å². The molecule has 0 saturated carbocycles. The molecule has 1 aromatic carbocycles. The van der Waals surface area contributed by atoms with E-state index in [9.17, 15) is 4.79 Å². The van der Waals surface area contributed by atoms with Crippen molar-refractivity contribution in [1.29, 1.82) is 0 Å². The minimum absolute atomic E-state index is 0.456. The predicted octanol–water partition coefficient (Wildman–Crippen LogP) is 3.03. The zero-order valence-electron chi connectivity index (χ0n) is 10.7. The summed E-state index contributed by atoms with van der Waals surface area (Å²) in [6, 6.07) is 9.90. The molecule has 0 fully saturated rings. The molecule has 0 spiro atoms. The van der Waals surface area contributed by atoms with Crippen LogP contribution in [-0.2, 0) is 16.1 Å². The number of benzene rings is 1. The van der Waals surface area contributed by atoms with E-state index in [0.29, 0.717) is 13.2 Å². The molecule has 1 aromatic rings. The maximum Gasteiger partial charge on any atom is 0.310 e. The third-order valence-corrected chi connectivity index (χ3v) is 2.40. The third-order valence-electron chi connectivity index (χ3n) is 2.40. The number of hydrogen-bond donors (Lipinski definition) is 1. The Morgan fingerprint density at radius 2 is 2.11 bits per heavy atom. The van der Waals surface area contributed by atoms with Crippen molar-refractivity contribution < 1.29 is 14.6 Å². The fourth-order valence-electron chi connectivity index (χ4n) is 1.28. The van der Waals surface area contributed by atoms with Gasteiger partial charge in [0, 0.05) is 0 Å². The summed E-state index contributed by atoms with van der Waals surface area (Å²) < 4.78 is 5.51. The molecule has 1 rings (SSSR count). The lowest BCUT2D eigenvalue weighted by Crippen LogP contribution is -2.05. The summed E-state index contributed by atoms with van der Waals surface area (Å²) in [5.41, 5.74) is 4.94. The van der Waals surface area contributed by atoms with E-state index in [1.165, 1.54) is 0 Å². The van der Waals surface area contributed by atoms with E-state index >= 15 is 0 Å². The van der Waals surface area contributed by atoms with Crippen molar-refractivity contribution in [2.75, 3.05) is 6.61 Å². The van der Waals surface area contributed by atoms with E-state index in [1.54, 1.807) is 13.0 Å². The molecule has 18 heavy (non-hydrogen) atoms. The molecule has 0 radical (unpaired) electrons. The number of ether oxygens (including phenoxy) is 1. The van der Waals surface area contributed by atoms with Gasteiger partial charge in [0.1, 0.15) is 0 Å². The molecule has 0 heterocycles. The van der Waals surface area contributed by atoms with Crippen LogP contribution in [0, 0.1) is 5.92 Å². The van der Waals surface area contributed by atoms with Gasteiger partial charge in [-0.15, -0.1) is 5.73 Å². The average molecular weight is 246 g/mol. The zero-order valence-corrected chi connectivity index (χ0v) is 10.7. The van der Waals surface area contributed by atoms with Gasteiger partial charge >= 0.3 is 5.97 Å². The quantitative estimate of drug-likeness (QED) is 0.785. The van der Waals surface area contributed by atoms with Crippen LogP contribution in [-0.4, -0.2) is 17.7 Å². The first-order valence-electron chi connectivity index (χ1n) is 5.86. The number of rotatable bonds is 6. The van der Waals surface area contributed by atoms with Gasteiger partial charge in [0.25, 0.3) is 0 Å². The molecule has 0 amide bonds. The Morgan fingerprint density at radius 3 is 2.72 bits per heavy atom. The van der Waals surface area contributed by atoms with Crippen molar-refractivity contribution in [3.63, 3.8) is 0 Å². The highest BCUT2D eigenvalue weighted by atomic mass is 16.5. The highest BCUT2D eigenvalue weighted by molar-refractivity contribution is 5.71.